The minimum atomic E-state index is 0.957. The first-order valence-electron chi connectivity index (χ1n) is 6.45. The molecule has 3 rings (SSSR count). The van der Waals surface area contributed by atoms with E-state index < -0.39 is 0 Å². The van der Waals surface area contributed by atoms with E-state index in [-0.39, 0.29) is 0 Å². The molecule has 94 valence electrons. The molecule has 2 aromatic carbocycles. The number of aromatic nitrogens is 2. The minimum absolute atomic E-state index is 0.957. The second-order valence-electron chi connectivity index (χ2n) is 5.02. The Morgan fingerprint density at radius 3 is 2.11 bits per heavy atom. The van der Waals surface area contributed by atoms with Crippen LogP contribution in [0.25, 0.3) is 22.3 Å². The molecular weight excluding hydrogens is 232 g/mol. The van der Waals surface area contributed by atoms with Crippen molar-refractivity contribution in [1.29, 1.82) is 0 Å². The molecule has 0 aliphatic rings. The molecule has 2 heteroatoms. The molecule has 0 N–H and O–H groups in total. The zero-order valence-electron chi connectivity index (χ0n) is 11.4. The summed E-state index contributed by atoms with van der Waals surface area (Å²) >= 11 is 0. The molecular formula is C17H16N2. The van der Waals surface area contributed by atoms with E-state index in [1.165, 1.54) is 11.1 Å². The van der Waals surface area contributed by atoms with Gasteiger partial charge in [0, 0.05) is 5.56 Å². The summed E-state index contributed by atoms with van der Waals surface area (Å²) in [5.41, 5.74) is 7.45. The van der Waals surface area contributed by atoms with Crippen LogP contribution in [0.3, 0.4) is 0 Å². The summed E-state index contributed by atoms with van der Waals surface area (Å²) in [5, 5.41) is 0. The van der Waals surface area contributed by atoms with E-state index in [0.717, 1.165) is 28.0 Å². The van der Waals surface area contributed by atoms with Gasteiger partial charge < -0.3 is 0 Å². The number of aryl methyl sites for hydroxylation is 3. The van der Waals surface area contributed by atoms with Crippen LogP contribution in [0.4, 0.5) is 0 Å². The van der Waals surface area contributed by atoms with Gasteiger partial charge in [-0.25, -0.2) is 9.97 Å². The second kappa shape index (κ2) is 4.47. The molecule has 0 atom stereocenters. The van der Waals surface area contributed by atoms with Crippen LogP contribution in [0.15, 0.2) is 42.5 Å². The molecule has 1 heterocycles. The first kappa shape index (κ1) is 11.8. The fourth-order valence-corrected chi connectivity index (χ4v) is 2.24. The van der Waals surface area contributed by atoms with E-state index >= 15 is 0 Å². The Labute approximate surface area is 113 Å². The molecule has 0 spiro atoms. The summed E-state index contributed by atoms with van der Waals surface area (Å²) in [6.45, 7) is 6.18. The van der Waals surface area contributed by atoms with Crippen molar-refractivity contribution in [2.45, 2.75) is 20.8 Å². The van der Waals surface area contributed by atoms with Crippen molar-refractivity contribution in [3.8, 4) is 11.3 Å². The van der Waals surface area contributed by atoms with Gasteiger partial charge in [0.2, 0.25) is 0 Å². The van der Waals surface area contributed by atoms with E-state index in [0.29, 0.717) is 0 Å². The van der Waals surface area contributed by atoms with Gasteiger partial charge in [0.25, 0.3) is 0 Å². The summed E-state index contributed by atoms with van der Waals surface area (Å²) in [6, 6.07) is 14.6. The third-order valence-corrected chi connectivity index (χ3v) is 3.32. The molecule has 1 aromatic heterocycles. The lowest BCUT2D eigenvalue weighted by atomic mass is 10.1. The highest BCUT2D eigenvalue weighted by Crippen LogP contribution is 2.23. The van der Waals surface area contributed by atoms with Crippen molar-refractivity contribution in [2.24, 2.45) is 0 Å². The maximum Gasteiger partial charge on any atom is 0.0922 e. The Hall–Kier alpha value is -2.22. The van der Waals surface area contributed by atoms with E-state index in [9.17, 15) is 0 Å². The number of hydrogen-bond donors (Lipinski definition) is 0. The third-order valence-electron chi connectivity index (χ3n) is 3.32. The van der Waals surface area contributed by atoms with Gasteiger partial charge in [-0.1, -0.05) is 35.9 Å². The molecule has 0 fully saturated rings. The lowest BCUT2D eigenvalue weighted by Gasteiger charge is -2.07. The van der Waals surface area contributed by atoms with Gasteiger partial charge in [0.1, 0.15) is 0 Å². The summed E-state index contributed by atoms with van der Waals surface area (Å²) in [6.07, 6.45) is 0. The van der Waals surface area contributed by atoms with Crippen LogP contribution in [0, 0.1) is 20.8 Å². The molecule has 0 unspecified atom stereocenters. The molecule has 2 nitrogen and oxygen atoms in total. The van der Waals surface area contributed by atoms with Crippen LogP contribution >= 0.6 is 0 Å². The van der Waals surface area contributed by atoms with Gasteiger partial charge in [-0.05, 0) is 38.5 Å². The lowest BCUT2D eigenvalue weighted by Crippen LogP contribution is -1.94. The average molecular weight is 248 g/mol. The first-order valence-corrected chi connectivity index (χ1v) is 6.45. The Morgan fingerprint density at radius 2 is 1.37 bits per heavy atom. The highest BCUT2D eigenvalue weighted by atomic mass is 14.8. The fraction of sp³-hybridized carbons (Fsp3) is 0.176. The van der Waals surface area contributed by atoms with Crippen LogP contribution in [-0.2, 0) is 0 Å². The van der Waals surface area contributed by atoms with E-state index in [1.807, 2.05) is 13.0 Å². The molecule has 0 saturated heterocycles. The molecule has 0 saturated carbocycles. The summed E-state index contributed by atoms with van der Waals surface area (Å²) in [7, 11) is 0. The summed E-state index contributed by atoms with van der Waals surface area (Å²) in [4.78, 5) is 9.43. The maximum absolute atomic E-state index is 4.77. The third kappa shape index (κ3) is 2.22. The summed E-state index contributed by atoms with van der Waals surface area (Å²) in [5.74, 6) is 0. The van der Waals surface area contributed by atoms with Crippen molar-refractivity contribution < 1.29 is 0 Å². The monoisotopic (exact) mass is 248 g/mol. The van der Waals surface area contributed by atoms with Crippen LogP contribution in [0.2, 0.25) is 0 Å². The van der Waals surface area contributed by atoms with Crippen molar-refractivity contribution in [3.63, 3.8) is 0 Å². The fourth-order valence-electron chi connectivity index (χ4n) is 2.24. The van der Waals surface area contributed by atoms with Gasteiger partial charge in [0.15, 0.2) is 0 Å². The Balaban J connectivity index is 2.23. The first-order chi connectivity index (χ1) is 9.13. The van der Waals surface area contributed by atoms with Gasteiger partial charge in [-0.15, -0.1) is 0 Å². The molecule has 0 bridgehead atoms. The quantitative estimate of drug-likeness (QED) is 0.644. The predicted molar refractivity (Wildman–Crippen MR) is 79.2 cm³/mol. The average Bonchev–Trinajstić information content (AvgIpc) is 2.40. The predicted octanol–water partition coefficient (Wildman–Crippen LogP) is 4.22. The normalized spacial score (nSPS) is 10.9. The smallest absolute Gasteiger partial charge is 0.0922 e. The van der Waals surface area contributed by atoms with Crippen LogP contribution < -0.4 is 0 Å². The van der Waals surface area contributed by atoms with E-state index in [2.05, 4.69) is 55.2 Å². The van der Waals surface area contributed by atoms with Crippen molar-refractivity contribution in [2.75, 3.05) is 0 Å². The standard InChI is InChI=1S/C17H16N2/c1-11-4-7-14(8-5-11)17-13(3)18-15-9-6-12(2)10-16(15)19-17/h4-10H,1-3H3. The second-order valence-corrected chi connectivity index (χ2v) is 5.02. The van der Waals surface area contributed by atoms with Crippen LogP contribution in [-0.4, -0.2) is 9.97 Å². The number of benzene rings is 2. The molecule has 0 amide bonds. The van der Waals surface area contributed by atoms with Gasteiger partial charge in [-0.2, -0.15) is 0 Å². The Morgan fingerprint density at radius 1 is 0.684 bits per heavy atom. The SMILES string of the molecule is Cc1ccc(-c2nc3cc(C)ccc3nc2C)cc1. The summed E-state index contributed by atoms with van der Waals surface area (Å²) < 4.78 is 0. The van der Waals surface area contributed by atoms with Crippen molar-refractivity contribution >= 4 is 11.0 Å². The Kier molecular flexibility index (Phi) is 2.79. The molecule has 19 heavy (non-hydrogen) atoms. The zero-order valence-corrected chi connectivity index (χ0v) is 11.4. The maximum atomic E-state index is 4.77. The van der Waals surface area contributed by atoms with Crippen LogP contribution in [0.5, 0.6) is 0 Å². The molecule has 3 aromatic rings. The zero-order chi connectivity index (χ0) is 13.4. The lowest BCUT2D eigenvalue weighted by molar-refractivity contribution is 1.18. The number of rotatable bonds is 1. The van der Waals surface area contributed by atoms with E-state index in [4.69, 9.17) is 4.98 Å². The highest BCUT2D eigenvalue weighted by molar-refractivity contribution is 5.79. The number of fused-ring (bicyclic) bond motifs is 1. The topological polar surface area (TPSA) is 25.8 Å². The number of nitrogens with zero attached hydrogens (tertiary/aromatic N) is 2. The van der Waals surface area contributed by atoms with Crippen LogP contribution in [0.1, 0.15) is 16.8 Å². The van der Waals surface area contributed by atoms with Crippen molar-refractivity contribution in [1.82, 2.24) is 9.97 Å². The Bertz CT molecular complexity index is 743. The molecule has 0 aliphatic heterocycles. The van der Waals surface area contributed by atoms with Gasteiger partial charge in [-0.3, -0.25) is 0 Å². The molecule has 0 aliphatic carbocycles. The highest BCUT2D eigenvalue weighted by Gasteiger charge is 2.07. The van der Waals surface area contributed by atoms with E-state index in [1.54, 1.807) is 0 Å². The van der Waals surface area contributed by atoms with Crippen molar-refractivity contribution in [3.05, 3.63) is 59.3 Å². The number of hydrogen-bond acceptors (Lipinski definition) is 2. The van der Waals surface area contributed by atoms with Gasteiger partial charge in [0.05, 0.1) is 22.4 Å². The minimum Gasteiger partial charge on any atom is -0.249 e. The largest absolute Gasteiger partial charge is 0.249 e. The van der Waals surface area contributed by atoms with Gasteiger partial charge >= 0.3 is 0 Å². The molecule has 0 radical (unpaired) electrons.